The number of hydrogen-bond donors (Lipinski definition) is 3. The zero-order chi connectivity index (χ0) is 25.0. The molecular formula is C22H22F4N8S. The monoisotopic (exact) mass is 506 g/mol. The SMILES string of the molecule is CC(=N)CC(N)=Nc1cc(N2CC(F)(C3CC3)C2)nc(Sc2ccc3nc(C(F)(F)F)[nH]c3c2)n1. The van der Waals surface area contributed by atoms with Gasteiger partial charge in [0.2, 0.25) is 5.82 Å². The Kier molecular flexibility index (Phi) is 5.69. The molecule has 5 rings (SSSR count). The summed E-state index contributed by atoms with van der Waals surface area (Å²) in [6.07, 6.45) is -2.60. The van der Waals surface area contributed by atoms with Gasteiger partial charge in [0.15, 0.2) is 11.0 Å². The molecule has 1 saturated carbocycles. The van der Waals surface area contributed by atoms with Gasteiger partial charge in [-0.2, -0.15) is 13.2 Å². The van der Waals surface area contributed by atoms with Crippen LogP contribution >= 0.6 is 11.8 Å². The maximum atomic E-state index is 14.9. The smallest absolute Gasteiger partial charge is 0.387 e. The highest BCUT2D eigenvalue weighted by Crippen LogP contribution is 2.48. The minimum Gasteiger partial charge on any atom is -0.387 e. The summed E-state index contributed by atoms with van der Waals surface area (Å²) in [6.45, 7) is 2.08. The number of fused-ring (bicyclic) bond motifs is 1. The molecule has 2 fully saturated rings. The first kappa shape index (κ1) is 23.5. The lowest BCUT2D eigenvalue weighted by molar-refractivity contribution is -0.144. The number of aliphatic imine (C=N–C) groups is 1. The number of benzene rings is 1. The van der Waals surface area contributed by atoms with Crippen LogP contribution in [0.4, 0.5) is 29.2 Å². The zero-order valence-electron chi connectivity index (χ0n) is 18.7. The van der Waals surface area contributed by atoms with Crippen molar-refractivity contribution in [1.29, 1.82) is 5.41 Å². The van der Waals surface area contributed by atoms with Crippen LogP contribution in [-0.2, 0) is 6.18 Å². The number of nitrogens with one attached hydrogen (secondary N) is 2. The molecule has 3 heterocycles. The van der Waals surface area contributed by atoms with Crippen molar-refractivity contribution >= 4 is 46.0 Å². The van der Waals surface area contributed by atoms with Gasteiger partial charge in [-0.1, -0.05) is 0 Å². The molecule has 1 aliphatic carbocycles. The van der Waals surface area contributed by atoms with Gasteiger partial charge in [-0.15, -0.1) is 0 Å². The maximum Gasteiger partial charge on any atom is 0.449 e. The molecule has 0 spiro atoms. The number of H-pyrrole nitrogens is 1. The van der Waals surface area contributed by atoms with Crippen LogP contribution in [0.1, 0.15) is 32.0 Å². The van der Waals surface area contributed by atoms with Gasteiger partial charge < -0.3 is 21.0 Å². The maximum absolute atomic E-state index is 14.9. The highest BCUT2D eigenvalue weighted by molar-refractivity contribution is 7.99. The van der Waals surface area contributed by atoms with E-state index in [1.807, 2.05) is 4.90 Å². The van der Waals surface area contributed by atoms with Crippen molar-refractivity contribution in [3.8, 4) is 0 Å². The molecule has 13 heteroatoms. The molecule has 0 radical (unpaired) electrons. The van der Waals surface area contributed by atoms with Crippen molar-refractivity contribution in [3.05, 3.63) is 30.1 Å². The molecule has 1 saturated heterocycles. The van der Waals surface area contributed by atoms with Gasteiger partial charge in [0, 0.05) is 23.1 Å². The van der Waals surface area contributed by atoms with Crippen LogP contribution in [0, 0.1) is 11.3 Å². The molecule has 4 N–H and O–H groups in total. The number of nitrogens with two attached hydrogens (primary N) is 1. The fourth-order valence-electron chi connectivity index (χ4n) is 4.03. The highest BCUT2D eigenvalue weighted by Gasteiger charge is 2.54. The van der Waals surface area contributed by atoms with E-state index >= 15 is 0 Å². The molecule has 2 aliphatic rings. The number of aromatic nitrogens is 4. The number of halogens is 4. The number of amidine groups is 1. The normalized spacial score (nSPS) is 18.1. The van der Waals surface area contributed by atoms with Gasteiger partial charge in [-0.25, -0.2) is 24.3 Å². The second-order valence-corrected chi connectivity index (χ2v) is 10.00. The van der Waals surface area contributed by atoms with Crippen LogP contribution in [0.15, 0.2) is 39.3 Å². The first-order valence-corrected chi connectivity index (χ1v) is 11.7. The first-order chi connectivity index (χ1) is 16.5. The fraction of sp³-hybridized carbons (Fsp3) is 0.409. The Bertz CT molecular complexity index is 1320. The molecule has 0 unspecified atom stereocenters. The van der Waals surface area contributed by atoms with E-state index < -0.39 is 17.7 Å². The summed E-state index contributed by atoms with van der Waals surface area (Å²) in [5.74, 6) is 0.00103. The van der Waals surface area contributed by atoms with Crippen molar-refractivity contribution in [2.24, 2.45) is 16.6 Å². The van der Waals surface area contributed by atoms with E-state index in [1.54, 1.807) is 19.1 Å². The second-order valence-electron chi connectivity index (χ2n) is 8.96. The molecular weight excluding hydrogens is 484 g/mol. The molecule has 0 atom stereocenters. The number of hydrogen-bond acceptors (Lipinski definition) is 7. The van der Waals surface area contributed by atoms with Gasteiger partial charge in [-0.05, 0) is 55.6 Å². The number of aromatic amines is 1. The third-order valence-corrected chi connectivity index (χ3v) is 6.71. The Labute approximate surface area is 202 Å². The van der Waals surface area contributed by atoms with Crippen LogP contribution in [0.3, 0.4) is 0 Å². The third kappa shape index (κ3) is 5.09. The molecule has 184 valence electrons. The van der Waals surface area contributed by atoms with Gasteiger partial charge in [0.05, 0.1) is 24.1 Å². The Morgan fingerprint density at radius 2 is 2.00 bits per heavy atom. The third-order valence-electron chi connectivity index (χ3n) is 5.85. The van der Waals surface area contributed by atoms with Gasteiger partial charge >= 0.3 is 6.18 Å². The Balaban J connectivity index is 1.44. The van der Waals surface area contributed by atoms with Gasteiger partial charge in [0.25, 0.3) is 0 Å². The predicted molar refractivity (Wildman–Crippen MR) is 125 cm³/mol. The van der Waals surface area contributed by atoms with Crippen molar-refractivity contribution in [3.63, 3.8) is 0 Å². The van der Waals surface area contributed by atoms with E-state index in [1.165, 1.54) is 12.1 Å². The van der Waals surface area contributed by atoms with Crippen molar-refractivity contribution < 1.29 is 17.6 Å². The van der Waals surface area contributed by atoms with Crippen molar-refractivity contribution in [2.75, 3.05) is 18.0 Å². The van der Waals surface area contributed by atoms with Crippen LogP contribution in [0.25, 0.3) is 11.0 Å². The minimum absolute atomic E-state index is 0.0980. The number of rotatable bonds is 7. The van der Waals surface area contributed by atoms with Crippen LogP contribution in [-0.4, -0.2) is 50.2 Å². The summed E-state index contributed by atoms with van der Waals surface area (Å²) in [5, 5.41) is 7.89. The molecule has 1 aromatic carbocycles. The van der Waals surface area contributed by atoms with E-state index in [0.29, 0.717) is 21.6 Å². The lowest BCUT2D eigenvalue weighted by Gasteiger charge is -2.45. The molecule has 2 aromatic heterocycles. The Morgan fingerprint density at radius 3 is 2.66 bits per heavy atom. The summed E-state index contributed by atoms with van der Waals surface area (Å²) in [6, 6.07) is 6.27. The van der Waals surface area contributed by atoms with Crippen LogP contribution < -0.4 is 10.6 Å². The zero-order valence-corrected chi connectivity index (χ0v) is 19.5. The molecule has 35 heavy (non-hydrogen) atoms. The van der Waals surface area contributed by atoms with E-state index in [4.69, 9.17) is 11.1 Å². The second kappa shape index (κ2) is 8.47. The van der Waals surface area contributed by atoms with Crippen molar-refractivity contribution in [2.45, 2.75) is 48.1 Å². The molecule has 3 aromatic rings. The number of anilines is 1. The largest absolute Gasteiger partial charge is 0.449 e. The average molecular weight is 507 g/mol. The predicted octanol–water partition coefficient (Wildman–Crippen LogP) is 4.88. The van der Waals surface area contributed by atoms with E-state index in [2.05, 4.69) is 24.9 Å². The van der Waals surface area contributed by atoms with Gasteiger partial charge in [-0.3, -0.25) is 0 Å². The van der Waals surface area contributed by atoms with Crippen LogP contribution in [0.2, 0.25) is 0 Å². The Hall–Kier alpha value is -3.22. The van der Waals surface area contributed by atoms with E-state index in [-0.39, 0.29) is 48.1 Å². The summed E-state index contributed by atoms with van der Waals surface area (Å²) in [4.78, 5) is 21.5. The molecule has 8 nitrogen and oxygen atoms in total. The number of alkyl halides is 4. The summed E-state index contributed by atoms with van der Waals surface area (Å²) in [7, 11) is 0. The summed E-state index contributed by atoms with van der Waals surface area (Å²) < 4.78 is 53.9. The number of imidazole rings is 1. The lowest BCUT2D eigenvalue weighted by atomic mass is 9.91. The quantitative estimate of drug-likeness (QED) is 0.182. The first-order valence-electron chi connectivity index (χ1n) is 10.9. The average Bonchev–Trinajstić information content (AvgIpc) is 3.49. The van der Waals surface area contributed by atoms with E-state index in [0.717, 1.165) is 24.6 Å². The van der Waals surface area contributed by atoms with Crippen molar-refractivity contribution in [1.82, 2.24) is 19.9 Å². The lowest BCUT2D eigenvalue weighted by Crippen LogP contribution is -2.60. The fourth-order valence-corrected chi connectivity index (χ4v) is 4.83. The topological polar surface area (TPSA) is 120 Å². The number of nitrogens with zero attached hydrogens (tertiary/aromatic N) is 5. The van der Waals surface area contributed by atoms with Gasteiger partial charge in [0.1, 0.15) is 17.3 Å². The molecule has 1 aliphatic heterocycles. The summed E-state index contributed by atoms with van der Waals surface area (Å²) >= 11 is 1.14. The summed E-state index contributed by atoms with van der Waals surface area (Å²) in [5.41, 5.74) is 5.50. The molecule has 0 amide bonds. The highest BCUT2D eigenvalue weighted by atomic mass is 32.2. The van der Waals surface area contributed by atoms with E-state index in [9.17, 15) is 17.6 Å². The molecule has 0 bridgehead atoms. The van der Waals surface area contributed by atoms with Crippen LogP contribution in [0.5, 0.6) is 0 Å². The Morgan fingerprint density at radius 1 is 1.26 bits per heavy atom. The minimum atomic E-state index is -4.57. The standard InChI is InChI=1S/C22H22F4N8S/c1-11(27)6-16(28)31-17-8-18(34-9-21(23,10-34)12-2-3-12)33-20(32-17)35-13-4-5-14-15(7-13)30-19(29-14)22(24,25)26/h4-5,7-8,12,27H,2-3,6,9-10H2,1H3,(H,29,30)(H2,28,31,32,33).